The second-order valence-corrected chi connectivity index (χ2v) is 3.47. The summed E-state index contributed by atoms with van der Waals surface area (Å²) in [5.41, 5.74) is 1.06. The zero-order valence-corrected chi connectivity index (χ0v) is 9.08. The molecule has 0 saturated carbocycles. The zero-order valence-electron chi connectivity index (χ0n) is 7.50. The average molecular weight is 246 g/mol. The van der Waals surface area contributed by atoms with Crippen LogP contribution in [0.3, 0.4) is 0 Å². The Morgan fingerprint density at radius 2 is 2.23 bits per heavy atom. The number of nitrogens with zero attached hydrogens (tertiary/aromatic N) is 1. The Hall–Kier alpha value is -0.450. The first-order chi connectivity index (χ1) is 6.33. The summed E-state index contributed by atoms with van der Waals surface area (Å²) in [6.45, 7) is 1.82. The zero-order chi connectivity index (χ0) is 9.52. The van der Waals surface area contributed by atoms with E-state index >= 15 is 0 Å². The van der Waals surface area contributed by atoms with Gasteiger partial charge >= 0.3 is 0 Å². The van der Waals surface area contributed by atoms with E-state index in [-0.39, 0.29) is 0 Å². The molecule has 1 heterocycles. The third kappa shape index (κ3) is 4.36. The van der Waals surface area contributed by atoms with E-state index < -0.39 is 0 Å². The van der Waals surface area contributed by atoms with E-state index in [4.69, 9.17) is 9.47 Å². The molecule has 0 aliphatic carbocycles. The number of ether oxygens (including phenoxy) is 2. The molecule has 0 N–H and O–H groups in total. The molecule has 0 fully saturated rings. The first-order valence-corrected chi connectivity index (χ1v) is 4.78. The summed E-state index contributed by atoms with van der Waals surface area (Å²) < 4.78 is 11.2. The normalized spacial score (nSPS) is 10.3. The van der Waals surface area contributed by atoms with E-state index in [1.165, 1.54) is 0 Å². The Bertz CT molecular complexity index is 255. The van der Waals surface area contributed by atoms with E-state index in [2.05, 4.69) is 20.9 Å². The van der Waals surface area contributed by atoms with Gasteiger partial charge in [-0.05, 0) is 27.6 Å². The van der Waals surface area contributed by atoms with Crippen LogP contribution in [-0.2, 0) is 16.1 Å². The minimum absolute atomic E-state index is 0.579. The molecule has 0 saturated heterocycles. The lowest BCUT2D eigenvalue weighted by Crippen LogP contribution is -2.01. The molecule has 0 atom stereocenters. The van der Waals surface area contributed by atoms with Gasteiger partial charge in [-0.25, -0.2) is 0 Å². The number of hydrogen-bond acceptors (Lipinski definition) is 3. The largest absolute Gasteiger partial charge is 0.382 e. The first kappa shape index (κ1) is 10.6. The summed E-state index contributed by atoms with van der Waals surface area (Å²) in [4.78, 5) is 4.02. The van der Waals surface area contributed by atoms with Gasteiger partial charge in [-0.15, -0.1) is 0 Å². The third-order valence-electron chi connectivity index (χ3n) is 1.46. The summed E-state index contributed by atoms with van der Waals surface area (Å²) in [6, 6.07) is 1.99. The maximum absolute atomic E-state index is 5.33. The van der Waals surface area contributed by atoms with Crippen LogP contribution in [0.25, 0.3) is 0 Å². The van der Waals surface area contributed by atoms with Crippen LogP contribution in [-0.4, -0.2) is 25.3 Å². The van der Waals surface area contributed by atoms with Crippen molar-refractivity contribution in [2.45, 2.75) is 6.61 Å². The Morgan fingerprint density at radius 3 is 2.92 bits per heavy atom. The van der Waals surface area contributed by atoms with Crippen molar-refractivity contribution in [2.75, 3.05) is 20.3 Å². The highest BCUT2D eigenvalue weighted by Gasteiger charge is 1.94. The molecule has 1 rings (SSSR count). The smallest absolute Gasteiger partial charge is 0.0733 e. The molecular weight excluding hydrogens is 234 g/mol. The Kier molecular flexibility index (Phi) is 4.97. The second-order valence-electron chi connectivity index (χ2n) is 2.56. The quantitative estimate of drug-likeness (QED) is 0.744. The minimum atomic E-state index is 0.579. The molecule has 72 valence electrons. The van der Waals surface area contributed by atoms with Gasteiger partial charge in [0.05, 0.1) is 19.8 Å². The highest BCUT2D eigenvalue weighted by Crippen LogP contribution is 2.09. The first-order valence-electron chi connectivity index (χ1n) is 3.99. The van der Waals surface area contributed by atoms with Gasteiger partial charge in [0.2, 0.25) is 0 Å². The van der Waals surface area contributed by atoms with Crippen molar-refractivity contribution in [1.29, 1.82) is 0 Å². The van der Waals surface area contributed by atoms with Gasteiger partial charge in [0.15, 0.2) is 0 Å². The maximum atomic E-state index is 5.33. The van der Waals surface area contributed by atoms with Crippen molar-refractivity contribution in [3.8, 4) is 0 Å². The maximum Gasteiger partial charge on any atom is 0.0733 e. The van der Waals surface area contributed by atoms with Crippen molar-refractivity contribution in [1.82, 2.24) is 4.98 Å². The lowest BCUT2D eigenvalue weighted by molar-refractivity contribution is 0.0615. The van der Waals surface area contributed by atoms with Gasteiger partial charge in [-0.3, -0.25) is 4.98 Å². The van der Waals surface area contributed by atoms with E-state index in [1.54, 1.807) is 19.5 Å². The summed E-state index contributed by atoms with van der Waals surface area (Å²) in [6.07, 6.45) is 3.54. The van der Waals surface area contributed by atoms with E-state index in [0.717, 1.165) is 10.0 Å². The number of hydrogen-bond donors (Lipinski definition) is 0. The van der Waals surface area contributed by atoms with Gasteiger partial charge < -0.3 is 9.47 Å². The van der Waals surface area contributed by atoms with Crippen LogP contribution in [0.15, 0.2) is 22.9 Å². The Labute approximate surface area is 86.2 Å². The van der Waals surface area contributed by atoms with E-state index in [0.29, 0.717) is 19.8 Å². The average Bonchev–Trinajstić information content (AvgIpc) is 2.13. The number of pyridine rings is 1. The highest BCUT2D eigenvalue weighted by molar-refractivity contribution is 9.10. The molecule has 1 aromatic heterocycles. The van der Waals surface area contributed by atoms with Crippen molar-refractivity contribution >= 4 is 15.9 Å². The fourth-order valence-electron chi connectivity index (χ4n) is 0.867. The molecule has 0 aromatic carbocycles. The Morgan fingerprint density at radius 1 is 1.38 bits per heavy atom. The van der Waals surface area contributed by atoms with Gasteiger partial charge in [0.1, 0.15) is 0 Å². The molecule has 0 aliphatic rings. The predicted octanol–water partition coefficient (Wildman–Crippen LogP) is 2.01. The molecule has 1 aromatic rings. The van der Waals surface area contributed by atoms with Crippen LogP contribution in [0.1, 0.15) is 5.56 Å². The highest BCUT2D eigenvalue weighted by atomic mass is 79.9. The molecule has 0 unspecified atom stereocenters. The number of aromatic nitrogens is 1. The molecule has 0 bridgehead atoms. The molecule has 4 heteroatoms. The lowest BCUT2D eigenvalue weighted by atomic mass is 10.3. The van der Waals surface area contributed by atoms with Gasteiger partial charge in [-0.1, -0.05) is 0 Å². The molecule has 0 aliphatic heterocycles. The molecule has 0 amide bonds. The van der Waals surface area contributed by atoms with Gasteiger partial charge in [0.25, 0.3) is 0 Å². The molecule has 0 spiro atoms. The van der Waals surface area contributed by atoms with Crippen molar-refractivity contribution in [3.63, 3.8) is 0 Å². The lowest BCUT2D eigenvalue weighted by Gasteiger charge is -2.03. The van der Waals surface area contributed by atoms with Gasteiger partial charge in [0, 0.05) is 24.0 Å². The van der Waals surface area contributed by atoms with Crippen LogP contribution < -0.4 is 0 Å². The molecule has 0 radical (unpaired) electrons. The minimum Gasteiger partial charge on any atom is -0.382 e. The summed E-state index contributed by atoms with van der Waals surface area (Å²) >= 11 is 3.34. The van der Waals surface area contributed by atoms with Crippen molar-refractivity contribution < 1.29 is 9.47 Å². The predicted molar refractivity (Wildman–Crippen MR) is 53.5 cm³/mol. The number of rotatable bonds is 5. The topological polar surface area (TPSA) is 31.4 Å². The van der Waals surface area contributed by atoms with Crippen LogP contribution in [0.5, 0.6) is 0 Å². The van der Waals surface area contributed by atoms with Crippen LogP contribution in [0.4, 0.5) is 0 Å². The van der Waals surface area contributed by atoms with Crippen molar-refractivity contribution in [3.05, 3.63) is 28.5 Å². The SMILES string of the molecule is COCCOCc1cncc(Br)c1. The molecule has 3 nitrogen and oxygen atoms in total. The summed E-state index contributed by atoms with van der Waals surface area (Å²) in [7, 11) is 1.66. The fraction of sp³-hybridized carbons (Fsp3) is 0.444. The fourth-order valence-corrected chi connectivity index (χ4v) is 1.28. The second kappa shape index (κ2) is 6.07. The number of methoxy groups -OCH3 is 1. The molecular formula is C9H12BrNO2. The van der Waals surface area contributed by atoms with Crippen LogP contribution in [0, 0.1) is 0 Å². The standard InChI is InChI=1S/C9H12BrNO2/c1-12-2-3-13-7-8-4-9(10)6-11-5-8/h4-6H,2-3,7H2,1H3. The van der Waals surface area contributed by atoms with E-state index in [9.17, 15) is 0 Å². The van der Waals surface area contributed by atoms with Crippen molar-refractivity contribution in [2.24, 2.45) is 0 Å². The summed E-state index contributed by atoms with van der Waals surface area (Å²) in [5, 5.41) is 0. The third-order valence-corrected chi connectivity index (χ3v) is 1.90. The van der Waals surface area contributed by atoms with Crippen LogP contribution in [0.2, 0.25) is 0 Å². The van der Waals surface area contributed by atoms with Gasteiger partial charge in [-0.2, -0.15) is 0 Å². The monoisotopic (exact) mass is 245 g/mol. The number of halogens is 1. The van der Waals surface area contributed by atoms with Crippen LogP contribution >= 0.6 is 15.9 Å². The molecule has 13 heavy (non-hydrogen) atoms. The summed E-state index contributed by atoms with van der Waals surface area (Å²) in [5.74, 6) is 0. The Balaban J connectivity index is 2.28. The van der Waals surface area contributed by atoms with E-state index in [1.807, 2.05) is 6.07 Å².